The Balaban J connectivity index is 1.11. The standard InChI is InChI=1S/C53H39N/c1-53(2)51-26-8-7-22-49(51)50-25-12-24-48(52(50)53)38-29-31-43(32-30-38)54(44-19-9-17-40(34-44)41-28-27-36-13-3-4-15-39(36)33-41)45-20-10-18-42(35-45)47-23-11-16-37-14-5-6-21-46(37)47/h3-35H,1-2H3. The lowest BCUT2D eigenvalue weighted by molar-refractivity contribution is 0.662. The van der Waals surface area contributed by atoms with Gasteiger partial charge in [-0.15, -0.1) is 0 Å². The molecule has 256 valence electrons. The van der Waals surface area contributed by atoms with E-state index >= 15 is 0 Å². The van der Waals surface area contributed by atoms with Crippen molar-refractivity contribution in [1.82, 2.24) is 0 Å². The molecule has 54 heavy (non-hydrogen) atoms. The third-order valence-electron chi connectivity index (χ3n) is 11.4. The minimum Gasteiger partial charge on any atom is -0.310 e. The van der Waals surface area contributed by atoms with E-state index < -0.39 is 0 Å². The van der Waals surface area contributed by atoms with Crippen LogP contribution in [0.15, 0.2) is 200 Å². The lowest BCUT2D eigenvalue weighted by atomic mass is 9.79. The SMILES string of the molecule is CC1(C)c2ccccc2-c2cccc(-c3ccc(N(c4cccc(-c5ccc6ccccc6c5)c4)c4cccc(-c5cccc6ccccc56)c4)cc3)c21. The summed E-state index contributed by atoms with van der Waals surface area (Å²) in [6, 6.07) is 73.4. The van der Waals surface area contributed by atoms with Crippen molar-refractivity contribution in [3.05, 3.63) is 211 Å². The molecule has 0 bridgehead atoms. The van der Waals surface area contributed by atoms with Crippen molar-refractivity contribution >= 4 is 38.6 Å². The van der Waals surface area contributed by atoms with Crippen molar-refractivity contribution in [2.45, 2.75) is 19.3 Å². The number of hydrogen-bond acceptors (Lipinski definition) is 1. The average Bonchev–Trinajstić information content (AvgIpc) is 3.47. The second kappa shape index (κ2) is 12.8. The number of rotatable bonds is 6. The van der Waals surface area contributed by atoms with Gasteiger partial charge in [0.2, 0.25) is 0 Å². The minimum absolute atomic E-state index is 0.0848. The predicted octanol–water partition coefficient (Wildman–Crippen LogP) is 14.8. The van der Waals surface area contributed by atoms with Gasteiger partial charge in [0.15, 0.2) is 0 Å². The van der Waals surface area contributed by atoms with Crippen LogP contribution in [0.2, 0.25) is 0 Å². The van der Waals surface area contributed by atoms with Gasteiger partial charge in [-0.25, -0.2) is 0 Å². The summed E-state index contributed by atoms with van der Waals surface area (Å²) >= 11 is 0. The quantitative estimate of drug-likeness (QED) is 0.168. The first-order valence-corrected chi connectivity index (χ1v) is 18.8. The number of anilines is 3. The highest BCUT2D eigenvalue weighted by atomic mass is 15.1. The molecule has 0 saturated carbocycles. The van der Waals surface area contributed by atoms with Gasteiger partial charge in [0.1, 0.15) is 0 Å². The topological polar surface area (TPSA) is 3.24 Å². The van der Waals surface area contributed by atoms with Crippen molar-refractivity contribution < 1.29 is 0 Å². The van der Waals surface area contributed by atoms with Crippen LogP contribution in [0.5, 0.6) is 0 Å². The van der Waals surface area contributed by atoms with Crippen molar-refractivity contribution in [3.8, 4) is 44.5 Å². The summed E-state index contributed by atoms with van der Waals surface area (Å²) in [5.74, 6) is 0. The molecule has 1 nitrogen and oxygen atoms in total. The van der Waals surface area contributed by atoms with Gasteiger partial charge in [-0.3, -0.25) is 0 Å². The fraction of sp³-hybridized carbons (Fsp3) is 0.0566. The van der Waals surface area contributed by atoms with Gasteiger partial charge in [0.25, 0.3) is 0 Å². The first-order chi connectivity index (χ1) is 26.5. The molecule has 1 heteroatoms. The number of nitrogens with zero attached hydrogens (tertiary/aromatic N) is 1. The van der Waals surface area contributed by atoms with Gasteiger partial charge in [-0.1, -0.05) is 172 Å². The summed E-state index contributed by atoms with van der Waals surface area (Å²) in [6.07, 6.45) is 0. The maximum Gasteiger partial charge on any atom is 0.0467 e. The van der Waals surface area contributed by atoms with Gasteiger partial charge in [-0.2, -0.15) is 0 Å². The van der Waals surface area contributed by atoms with Crippen molar-refractivity contribution in [2.75, 3.05) is 4.90 Å². The Morgan fingerprint density at radius 3 is 1.72 bits per heavy atom. The second-order valence-electron chi connectivity index (χ2n) is 15.0. The van der Waals surface area contributed by atoms with Gasteiger partial charge < -0.3 is 4.90 Å². The van der Waals surface area contributed by atoms with E-state index in [9.17, 15) is 0 Å². The molecule has 0 aromatic heterocycles. The smallest absolute Gasteiger partial charge is 0.0467 e. The minimum atomic E-state index is -0.0848. The summed E-state index contributed by atoms with van der Waals surface area (Å²) in [5.41, 5.74) is 16.1. The molecule has 0 saturated heterocycles. The lowest BCUT2D eigenvalue weighted by Gasteiger charge is -2.27. The first-order valence-electron chi connectivity index (χ1n) is 18.8. The predicted molar refractivity (Wildman–Crippen MR) is 230 cm³/mol. The van der Waals surface area contributed by atoms with Crippen LogP contribution in [0, 0.1) is 0 Å². The molecule has 0 amide bonds. The Morgan fingerprint density at radius 1 is 0.333 bits per heavy atom. The van der Waals surface area contributed by atoms with E-state index in [4.69, 9.17) is 0 Å². The van der Waals surface area contributed by atoms with Gasteiger partial charge in [-0.05, 0) is 120 Å². The highest BCUT2D eigenvalue weighted by Crippen LogP contribution is 2.52. The fourth-order valence-electron chi connectivity index (χ4n) is 8.81. The molecule has 0 fully saturated rings. The molecule has 0 radical (unpaired) electrons. The normalized spacial score (nSPS) is 12.8. The molecule has 0 unspecified atom stereocenters. The van der Waals surface area contributed by atoms with Gasteiger partial charge in [0.05, 0.1) is 0 Å². The Hall–Kier alpha value is -6.70. The summed E-state index contributed by atoms with van der Waals surface area (Å²) in [4.78, 5) is 2.40. The molecule has 0 spiro atoms. The molecule has 10 rings (SSSR count). The van der Waals surface area contributed by atoms with E-state index in [1.807, 2.05) is 0 Å². The average molecular weight is 690 g/mol. The van der Waals surface area contributed by atoms with E-state index in [-0.39, 0.29) is 5.41 Å². The zero-order valence-corrected chi connectivity index (χ0v) is 30.5. The highest BCUT2D eigenvalue weighted by molar-refractivity contribution is 5.98. The lowest BCUT2D eigenvalue weighted by Crippen LogP contribution is -2.16. The molecule has 0 aliphatic heterocycles. The number of benzene rings is 9. The molecule has 0 atom stereocenters. The van der Waals surface area contributed by atoms with Crippen LogP contribution in [0.1, 0.15) is 25.0 Å². The van der Waals surface area contributed by atoms with Crippen LogP contribution < -0.4 is 4.90 Å². The molecule has 1 aliphatic rings. The van der Waals surface area contributed by atoms with Gasteiger partial charge >= 0.3 is 0 Å². The van der Waals surface area contributed by atoms with Crippen molar-refractivity contribution in [1.29, 1.82) is 0 Å². The Morgan fingerprint density at radius 2 is 0.889 bits per heavy atom. The molecular formula is C53H39N. The van der Waals surface area contributed by atoms with Crippen LogP contribution in [-0.2, 0) is 5.41 Å². The highest BCUT2D eigenvalue weighted by Gasteiger charge is 2.37. The van der Waals surface area contributed by atoms with Crippen molar-refractivity contribution in [3.63, 3.8) is 0 Å². The van der Waals surface area contributed by atoms with E-state index in [1.54, 1.807) is 0 Å². The Kier molecular flexibility index (Phi) is 7.56. The second-order valence-corrected chi connectivity index (χ2v) is 15.0. The maximum atomic E-state index is 2.40. The third kappa shape index (κ3) is 5.32. The monoisotopic (exact) mass is 689 g/mol. The van der Waals surface area contributed by atoms with E-state index in [2.05, 4.69) is 219 Å². The molecule has 0 heterocycles. The van der Waals surface area contributed by atoms with Gasteiger partial charge in [0, 0.05) is 22.5 Å². The van der Waals surface area contributed by atoms with E-state index in [0.717, 1.165) is 17.1 Å². The van der Waals surface area contributed by atoms with Crippen LogP contribution in [0.25, 0.3) is 66.1 Å². The number of fused-ring (bicyclic) bond motifs is 5. The van der Waals surface area contributed by atoms with Crippen LogP contribution >= 0.6 is 0 Å². The Labute approximate surface area is 317 Å². The summed E-state index contributed by atoms with van der Waals surface area (Å²) in [7, 11) is 0. The molecule has 1 aliphatic carbocycles. The van der Waals surface area contributed by atoms with Crippen LogP contribution in [0.4, 0.5) is 17.1 Å². The summed E-state index contributed by atoms with van der Waals surface area (Å²) < 4.78 is 0. The van der Waals surface area contributed by atoms with Crippen LogP contribution in [0.3, 0.4) is 0 Å². The van der Waals surface area contributed by atoms with Crippen LogP contribution in [-0.4, -0.2) is 0 Å². The largest absolute Gasteiger partial charge is 0.310 e. The zero-order valence-electron chi connectivity index (χ0n) is 30.5. The molecule has 9 aromatic carbocycles. The fourth-order valence-corrected chi connectivity index (χ4v) is 8.81. The van der Waals surface area contributed by atoms with Crippen molar-refractivity contribution in [2.24, 2.45) is 0 Å². The zero-order chi connectivity index (χ0) is 36.2. The maximum absolute atomic E-state index is 2.40. The third-order valence-corrected chi connectivity index (χ3v) is 11.4. The summed E-state index contributed by atoms with van der Waals surface area (Å²) in [5, 5.41) is 5.00. The number of hydrogen-bond donors (Lipinski definition) is 0. The summed E-state index contributed by atoms with van der Waals surface area (Å²) in [6.45, 7) is 4.73. The van der Waals surface area contributed by atoms with E-state index in [0.29, 0.717) is 0 Å². The molecular weight excluding hydrogens is 651 g/mol. The first kappa shape index (κ1) is 32.0. The Bertz CT molecular complexity index is 2850. The molecule has 9 aromatic rings. The molecule has 0 N–H and O–H groups in total. The van der Waals surface area contributed by atoms with E-state index in [1.165, 1.54) is 77.2 Å².